The lowest BCUT2D eigenvalue weighted by Crippen LogP contribution is -2.36. The minimum Gasteiger partial charge on any atom is -0.508 e. The van der Waals surface area contributed by atoms with Crippen molar-refractivity contribution in [2.45, 2.75) is 52.1 Å². The van der Waals surface area contributed by atoms with Gasteiger partial charge < -0.3 is 10.4 Å². The lowest BCUT2D eigenvalue weighted by molar-refractivity contribution is 0.197. The zero-order chi connectivity index (χ0) is 12.3. The molecule has 1 aliphatic rings. The van der Waals surface area contributed by atoms with Crippen LogP contribution in [0.25, 0.3) is 0 Å². The van der Waals surface area contributed by atoms with Gasteiger partial charge in [0.05, 0.1) is 0 Å². The minimum absolute atomic E-state index is 0.355. The van der Waals surface area contributed by atoms with Crippen LogP contribution in [0.3, 0.4) is 0 Å². The van der Waals surface area contributed by atoms with Gasteiger partial charge in [0.1, 0.15) is 5.75 Å². The van der Waals surface area contributed by atoms with Crippen molar-refractivity contribution in [2.24, 2.45) is 5.41 Å². The van der Waals surface area contributed by atoms with Gasteiger partial charge in [-0.05, 0) is 42.4 Å². The van der Waals surface area contributed by atoms with Gasteiger partial charge in [-0.15, -0.1) is 0 Å². The number of benzene rings is 1. The average Bonchev–Trinajstić information content (AvgIpc) is 2.25. The Bertz CT molecular complexity index is 373. The minimum atomic E-state index is 0.355. The maximum Gasteiger partial charge on any atom is 0.115 e. The highest BCUT2D eigenvalue weighted by molar-refractivity contribution is 5.26. The number of phenols is 1. The molecule has 1 fully saturated rings. The second kappa shape index (κ2) is 5.09. The highest BCUT2D eigenvalue weighted by atomic mass is 16.3. The summed E-state index contributed by atoms with van der Waals surface area (Å²) in [6.45, 7) is 5.57. The van der Waals surface area contributed by atoms with E-state index in [-0.39, 0.29) is 0 Å². The third kappa shape index (κ3) is 3.74. The van der Waals surface area contributed by atoms with Crippen LogP contribution in [0.15, 0.2) is 24.3 Å². The first-order chi connectivity index (χ1) is 8.05. The van der Waals surface area contributed by atoms with E-state index in [1.807, 2.05) is 12.1 Å². The molecule has 1 aromatic carbocycles. The second-order valence-electron chi connectivity index (χ2n) is 6.01. The molecule has 0 radical (unpaired) electrons. The third-order valence-electron chi connectivity index (χ3n) is 3.71. The zero-order valence-corrected chi connectivity index (χ0v) is 10.9. The number of rotatable bonds is 3. The summed E-state index contributed by atoms with van der Waals surface area (Å²) in [6.07, 6.45) is 5.20. The standard InChI is InChI=1S/C15H23NO/c1-15(2)8-4-6-13(10-15)16-11-12-5-3-7-14(17)9-12/h3,5,7,9,13,16-17H,4,6,8,10-11H2,1-2H3. The van der Waals surface area contributed by atoms with Gasteiger partial charge in [0.2, 0.25) is 0 Å². The van der Waals surface area contributed by atoms with Crippen LogP contribution in [0.1, 0.15) is 45.1 Å². The molecule has 0 spiro atoms. The van der Waals surface area contributed by atoms with Crippen LogP contribution in [-0.2, 0) is 6.54 Å². The fourth-order valence-electron chi connectivity index (χ4n) is 2.80. The van der Waals surface area contributed by atoms with E-state index in [1.54, 1.807) is 6.07 Å². The lowest BCUT2D eigenvalue weighted by atomic mass is 9.75. The Morgan fingerprint density at radius 1 is 1.41 bits per heavy atom. The monoisotopic (exact) mass is 233 g/mol. The molecule has 2 nitrogen and oxygen atoms in total. The summed E-state index contributed by atoms with van der Waals surface area (Å²) >= 11 is 0. The van der Waals surface area contributed by atoms with Crippen LogP contribution >= 0.6 is 0 Å². The number of hydrogen-bond donors (Lipinski definition) is 2. The summed E-state index contributed by atoms with van der Waals surface area (Å²) in [5.41, 5.74) is 1.64. The maximum atomic E-state index is 9.41. The fraction of sp³-hybridized carbons (Fsp3) is 0.600. The normalized spacial score (nSPS) is 23.5. The highest BCUT2D eigenvalue weighted by Gasteiger charge is 2.27. The van der Waals surface area contributed by atoms with Crippen molar-refractivity contribution >= 4 is 0 Å². The molecule has 0 amide bonds. The quantitative estimate of drug-likeness (QED) is 0.838. The van der Waals surface area contributed by atoms with Crippen LogP contribution in [0.4, 0.5) is 0 Å². The highest BCUT2D eigenvalue weighted by Crippen LogP contribution is 2.35. The Labute approximate surface area is 104 Å². The predicted octanol–water partition coefficient (Wildman–Crippen LogP) is 3.45. The van der Waals surface area contributed by atoms with Gasteiger partial charge >= 0.3 is 0 Å². The topological polar surface area (TPSA) is 32.3 Å². The smallest absolute Gasteiger partial charge is 0.115 e. The summed E-state index contributed by atoms with van der Waals surface area (Å²) in [6, 6.07) is 8.13. The average molecular weight is 233 g/mol. The fourth-order valence-corrected chi connectivity index (χ4v) is 2.80. The van der Waals surface area contributed by atoms with Crippen molar-refractivity contribution in [1.29, 1.82) is 0 Å². The summed E-state index contributed by atoms with van der Waals surface area (Å²) in [7, 11) is 0. The van der Waals surface area contributed by atoms with Gasteiger partial charge in [-0.1, -0.05) is 32.4 Å². The van der Waals surface area contributed by atoms with Crippen molar-refractivity contribution in [2.75, 3.05) is 0 Å². The molecule has 1 aromatic rings. The van der Waals surface area contributed by atoms with Crippen molar-refractivity contribution in [3.05, 3.63) is 29.8 Å². The van der Waals surface area contributed by atoms with E-state index in [2.05, 4.69) is 25.2 Å². The Kier molecular flexibility index (Phi) is 3.72. The van der Waals surface area contributed by atoms with Crippen LogP contribution < -0.4 is 5.32 Å². The number of hydrogen-bond acceptors (Lipinski definition) is 2. The Morgan fingerprint density at radius 2 is 2.24 bits per heavy atom. The number of nitrogens with one attached hydrogen (secondary N) is 1. The molecule has 0 saturated heterocycles. The van der Waals surface area contributed by atoms with E-state index in [0.717, 1.165) is 12.1 Å². The molecule has 1 atom stereocenters. The van der Waals surface area contributed by atoms with E-state index >= 15 is 0 Å². The molecule has 0 aromatic heterocycles. The van der Waals surface area contributed by atoms with Crippen LogP contribution in [0.5, 0.6) is 5.75 Å². The molecule has 0 heterocycles. The summed E-state index contributed by atoms with van der Waals surface area (Å²) < 4.78 is 0. The molecule has 0 aliphatic heterocycles. The SMILES string of the molecule is CC1(C)CCCC(NCc2cccc(O)c2)C1. The van der Waals surface area contributed by atoms with Gasteiger partial charge in [-0.25, -0.2) is 0 Å². The van der Waals surface area contributed by atoms with Gasteiger partial charge in [0.25, 0.3) is 0 Å². The predicted molar refractivity (Wildman–Crippen MR) is 71.0 cm³/mol. The third-order valence-corrected chi connectivity index (χ3v) is 3.71. The van der Waals surface area contributed by atoms with Crippen LogP contribution in [-0.4, -0.2) is 11.1 Å². The van der Waals surface area contributed by atoms with E-state index in [1.165, 1.54) is 25.7 Å². The Balaban J connectivity index is 1.86. The van der Waals surface area contributed by atoms with E-state index in [0.29, 0.717) is 17.2 Å². The van der Waals surface area contributed by atoms with E-state index in [9.17, 15) is 5.11 Å². The summed E-state index contributed by atoms with van der Waals surface area (Å²) in [5.74, 6) is 0.355. The largest absolute Gasteiger partial charge is 0.508 e. The van der Waals surface area contributed by atoms with Gasteiger partial charge in [0, 0.05) is 12.6 Å². The van der Waals surface area contributed by atoms with Crippen molar-refractivity contribution in [3.8, 4) is 5.75 Å². The molecule has 1 unspecified atom stereocenters. The first-order valence-electron chi connectivity index (χ1n) is 6.56. The summed E-state index contributed by atoms with van der Waals surface area (Å²) in [4.78, 5) is 0. The molecule has 94 valence electrons. The molecular weight excluding hydrogens is 210 g/mol. The van der Waals surface area contributed by atoms with E-state index < -0.39 is 0 Å². The summed E-state index contributed by atoms with van der Waals surface area (Å²) in [5, 5.41) is 13.0. The lowest BCUT2D eigenvalue weighted by Gasteiger charge is -2.35. The second-order valence-corrected chi connectivity index (χ2v) is 6.01. The molecule has 2 rings (SSSR count). The van der Waals surface area contributed by atoms with Gasteiger partial charge in [0.15, 0.2) is 0 Å². The maximum absolute atomic E-state index is 9.41. The van der Waals surface area contributed by atoms with Crippen LogP contribution in [0.2, 0.25) is 0 Å². The molecule has 0 bridgehead atoms. The number of phenolic OH excluding ortho intramolecular Hbond substituents is 1. The molecule has 2 N–H and O–H groups in total. The molecule has 1 aliphatic carbocycles. The Morgan fingerprint density at radius 3 is 2.94 bits per heavy atom. The van der Waals surface area contributed by atoms with E-state index in [4.69, 9.17) is 0 Å². The first-order valence-corrected chi connectivity index (χ1v) is 6.56. The number of aromatic hydroxyl groups is 1. The zero-order valence-electron chi connectivity index (χ0n) is 10.9. The Hall–Kier alpha value is -1.02. The van der Waals surface area contributed by atoms with Gasteiger partial charge in [-0.2, -0.15) is 0 Å². The van der Waals surface area contributed by atoms with Gasteiger partial charge in [-0.3, -0.25) is 0 Å². The molecular formula is C15H23NO. The molecule has 17 heavy (non-hydrogen) atoms. The van der Waals surface area contributed by atoms with Crippen molar-refractivity contribution in [1.82, 2.24) is 5.32 Å². The molecule has 2 heteroatoms. The first kappa shape index (κ1) is 12.4. The van der Waals surface area contributed by atoms with Crippen molar-refractivity contribution in [3.63, 3.8) is 0 Å². The van der Waals surface area contributed by atoms with Crippen molar-refractivity contribution < 1.29 is 5.11 Å². The molecule has 1 saturated carbocycles. The van der Waals surface area contributed by atoms with Crippen LogP contribution in [0, 0.1) is 5.41 Å².